The zero-order valence-electron chi connectivity index (χ0n) is 17.9. The summed E-state index contributed by atoms with van der Waals surface area (Å²) in [7, 11) is 0. The van der Waals surface area contributed by atoms with Crippen LogP contribution in [0.2, 0.25) is 0 Å². The molecule has 2 amide bonds. The number of aryl methyl sites for hydroxylation is 2. The van der Waals surface area contributed by atoms with Gasteiger partial charge in [0, 0.05) is 4.88 Å². The Morgan fingerprint density at radius 2 is 1.84 bits per heavy atom. The molecular formula is C21H23FN4O4S2. The molecule has 0 fully saturated rings. The van der Waals surface area contributed by atoms with Crippen molar-refractivity contribution in [1.82, 2.24) is 20.8 Å². The standard InChI is InChI=1S/C21H23FN4O4S2/c1-10-12(3)32-21-17(10)20(29)23-16(24-21)9-31-13(4)19(28)26-25-18(27)11(2)30-15-7-5-14(22)6-8-15/h5-8,11,13H,9H2,1-4H3,(H,25,27)(H,26,28)(H,23,24,29). The maximum absolute atomic E-state index is 12.9. The van der Waals surface area contributed by atoms with Gasteiger partial charge in [-0.25, -0.2) is 9.37 Å². The average Bonchev–Trinajstić information content (AvgIpc) is 3.05. The Bertz CT molecular complexity index is 1190. The summed E-state index contributed by atoms with van der Waals surface area (Å²) in [5.41, 5.74) is 5.41. The fraction of sp³-hybridized carbons (Fsp3) is 0.333. The Balaban J connectivity index is 1.49. The van der Waals surface area contributed by atoms with E-state index in [4.69, 9.17) is 4.74 Å². The number of carbonyl (C=O) groups is 2. The number of amides is 2. The second kappa shape index (κ2) is 10.1. The molecule has 0 radical (unpaired) electrons. The molecule has 3 aromatic rings. The molecular weight excluding hydrogens is 455 g/mol. The Morgan fingerprint density at radius 3 is 2.53 bits per heavy atom. The summed E-state index contributed by atoms with van der Waals surface area (Å²) in [6.45, 7) is 7.03. The van der Waals surface area contributed by atoms with E-state index in [2.05, 4.69) is 20.8 Å². The van der Waals surface area contributed by atoms with Crippen LogP contribution in [0.15, 0.2) is 29.1 Å². The SMILES string of the molecule is Cc1sc2nc(CSC(C)C(=O)NNC(=O)C(C)Oc3ccc(F)cc3)[nH]c(=O)c2c1C. The highest BCUT2D eigenvalue weighted by atomic mass is 32.2. The predicted octanol–water partition coefficient (Wildman–Crippen LogP) is 2.98. The quantitative estimate of drug-likeness (QED) is 0.450. The highest BCUT2D eigenvalue weighted by molar-refractivity contribution is 7.99. The van der Waals surface area contributed by atoms with Crippen LogP contribution >= 0.6 is 23.1 Å². The maximum Gasteiger partial charge on any atom is 0.279 e. The van der Waals surface area contributed by atoms with Crippen molar-refractivity contribution in [3.05, 3.63) is 56.7 Å². The first-order valence-corrected chi connectivity index (χ1v) is 11.6. The molecule has 170 valence electrons. The first kappa shape index (κ1) is 23.7. The van der Waals surface area contributed by atoms with Gasteiger partial charge in [-0.2, -0.15) is 0 Å². The molecule has 11 heteroatoms. The lowest BCUT2D eigenvalue weighted by Gasteiger charge is -2.16. The number of thiophene rings is 1. The second-order valence-electron chi connectivity index (χ2n) is 7.12. The van der Waals surface area contributed by atoms with E-state index in [9.17, 15) is 18.8 Å². The van der Waals surface area contributed by atoms with Gasteiger partial charge in [-0.15, -0.1) is 23.1 Å². The third kappa shape index (κ3) is 5.65. The van der Waals surface area contributed by atoms with E-state index in [1.54, 1.807) is 6.92 Å². The van der Waals surface area contributed by atoms with Crippen LogP contribution in [0.4, 0.5) is 4.39 Å². The minimum atomic E-state index is -0.901. The molecule has 3 rings (SSSR count). The van der Waals surface area contributed by atoms with Crippen molar-refractivity contribution in [3.63, 3.8) is 0 Å². The zero-order valence-corrected chi connectivity index (χ0v) is 19.6. The van der Waals surface area contributed by atoms with Crippen LogP contribution in [-0.2, 0) is 15.3 Å². The molecule has 0 bridgehead atoms. The molecule has 0 aliphatic rings. The Labute approximate surface area is 191 Å². The highest BCUT2D eigenvalue weighted by Gasteiger charge is 2.19. The minimum absolute atomic E-state index is 0.188. The first-order valence-electron chi connectivity index (χ1n) is 9.78. The van der Waals surface area contributed by atoms with Crippen LogP contribution < -0.4 is 21.1 Å². The molecule has 0 aliphatic heterocycles. The number of H-pyrrole nitrogens is 1. The van der Waals surface area contributed by atoms with Gasteiger partial charge >= 0.3 is 0 Å². The van der Waals surface area contributed by atoms with E-state index in [1.165, 1.54) is 54.3 Å². The smallest absolute Gasteiger partial charge is 0.279 e. The number of aromatic amines is 1. The molecule has 2 aromatic heterocycles. The molecule has 0 aliphatic carbocycles. The van der Waals surface area contributed by atoms with E-state index in [0.29, 0.717) is 27.5 Å². The Morgan fingerprint density at radius 1 is 1.19 bits per heavy atom. The van der Waals surface area contributed by atoms with Crippen molar-refractivity contribution in [1.29, 1.82) is 0 Å². The Hall–Kier alpha value is -2.92. The number of halogens is 1. The summed E-state index contributed by atoms with van der Waals surface area (Å²) in [6, 6.07) is 5.26. The van der Waals surface area contributed by atoms with E-state index in [1.807, 2.05) is 13.8 Å². The highest BCUT2D eigenvalue weighted by Crippen LogP contribution is 2.26. The lowest BCUT2D eigenvalue weighted by atomic mass is 10.2. The predicted molar refractivity (Wildman–Crippen MR) is 123 cm³/mol. The topological polar surface area (TPSA) is 113 Å². The minimum Gasteiger partial charge on any atom is -0.481 e. The number of thioether (sulfide) groups is 1. The van der Waals surface area contributed by atoms with Crippen LogP contribution in [0.25, 0.3) is 10.2 Å². The van der Waals surface area contributed by atoms with Crippen LogP contribution in [0, 0.1) is 19.7 Å². The number of hydrogen-bond acceptors (Lipinski definition) is 7. The van der Waals surface area contributed by atoms with E-state index in [0.717, 1.165) is 10.4 Å². The first-order chi connectivity index (χ1) is 15.2. The normalized spacial score (nSPS) is 12.9. The lowest BCUT2D eigenvalue weighted by Crippen LogP contribution is -2.49. The van der Waals surface area contributed by atoms with E-state index >= 15 is 0 Å². The van der Waals surface area contributed by atoms with E-state index < -0.39 is 29.0 Å². The van der Waals surface area contributed by atoms with Crippen molar-refractivity contribution in [3.8, 4) is 5.75 Å². The molecule has 0 spiro atoms. The molecule has 3 N–H and O–H groups in total. The van der Waals surface area contributed by atoms with Gasteiger partial charge in [0.2, 0.25) is 0 Å². The Kier molecular flexibility index (Phi) is 7.52. The number of hydrazine groups is 1. The molecule has 32 heavy (non-hydrogen) atoms. The van der Waals surface area contributed by atoms with Crippen molar-refractivity contribution in [2.75, 3.05) is 0 Å². The number of benzene rings is 1. The van der Waals surface area contributed by atoms with Crippen molar-refractivity contribution >= 4 is 45.1 Å². The number of carbonyl (C=O) groups excluding carboxylic acids is 2. The maximum atomic E-state index is 12.9. The molecule has 2 atom stereocenters. The van der Waals surface area contributed by atoms with Gasteiger partial charge < -0.3 is 9.72 Å². The number of ether oxygens (including phenoxy) is 1. The van der Waals surface area contributed by atoms with Gasteiger partial charge in [-0.1, -0.05) is 0 Å². The van der Waals surface area contributed by atoms with Gasteiger partial charge in [-0.3, -0.25) is 25.2 Å². The zero-order chi connectivity index (χ0) is 23.4. The van der Waals surface area contributed by atoms with Crippen LogP contribution in [0.1, 0.15) is 30.1 Å². The molecule has 8 nitrogen and oxygen atoms in total. The van der Waals surface area contributed by atoms with Crippen molar-refractivity contribution < 1.29 is 18.7 Å². The summed E-state index contributed by atoms with van der Waals surface area (Å²) in [4.78, 5) is 45.8. The largest absolute Gasteiger partial charge is 0.481 e. The van der Waals surface area contributed by atoms with Gasteiger partial charge in [0.05, 0.1) is 16.4 Å². The molecule has 2 unspecified atom stereocenters. The van der Waals surface area contributed by atoms with Gasteiger partial charge in [0.1, 0.15) is 22.2 Å². The molecule has 0 saturated heterocycles. The number of hydrogen-bond donors (Lipinski definition) is 3. The summed E-state index contributed by atoms with van der Waals surface area (Å²) >= 11 is 2.74. The van der Waals surface area contributed by atoms with Crippen molar-refractivity contribution in [2.45, 2.75) is 44.8 Å². The molecule has 0 saturated carbocycles. The summed E-state index contributed by atoms with van der Waals surface area (Å²) < 4.78 is 18.3. The summed E-state index contributed by atoms with van der Waals surface area (Å²) in [5.74, 6) is -0.234. The number of rotatable bonds is 7. The number of nitrogens with zero attached hydrogens (tertiary/aromatic N) is 1. The van der Waals surface area contributed by atoms with Crippen molar-refractivity contribution in [2.24, 2.45) is 0 Å². The third-order valence-corrected chi connectivity index (χ3v) is 6.99. The third-order valence-electron chi connectivity index (χ3n) is 4.73. The van der Waals surface area contributed by atoms with Gasteiger partial charge in [0.25, 0.3) is 17.4 Å². The van der Waals surface area contributed by atoms with Crippen LogP contribution in [-0.4, -0.2) is 33.1 Å². The summed E-state index contributed by atoms with van der Waals surface area (Å²) in [6.07, 6.45) is -0.901. The van der Waals surface area contributed by atoms with Crippen LogP contribution in [0.5, 0.6) is 5.75 Å². The fourth-order valence-electron chi connectivity index (χ4n) is 2.74. The number of fused-ring (bicyclic) bond motifs is 1. The molecule has 1 aromatic carbocycles. The number of nitrogens with one attached hydrogen (secondary N) is 3. The monoisotopic (exact) mass is 478 g/mol. The van der Waals surface area contributed by atoms with Gasteiger partial charge in [0.15, 0.2) is 6.10 Å². The van der Waals surface area contributed by atoms with Crippen LogP contribution in [0.3, 0.4) is 0 Å². The second-order valence-corrected chi connectivity index (χ2v) is 9.65. The lowest BCUT2D eigenvalue weighted by molar-refractivity contribution is -0.132. The number of aromatic nitrogens is 2. The molecule has 2 heterocycles. The summed E-state index contributed by atoms with van der Waals surface area (Å²) in [5, 5.41) is 0.0863. The van der Waals surface area contributed by atoms with E-state index in [-0.39, 0.29) is 5.56 Å². The fourth-order valence-corrected chi connectivity index (χ4v) is 4.55. The van der Waals surface area contributed by atoms with Gasteiger partial charge in [-0.05, 0) is 57.5 Å². The average molecular weight is 479 g/mol.